The van der Waals surface area contributed by atoms with Gasteiger partial charge in [-0.3, -0.25) is 9.48 Å². The molecule has 166 valence electrons. The van der Waals surface area contributed by atoms with Crippen LogP contribution in [0.5, 0.6) is 0 Å². The Morgan fingerprint density at radius 1 is 1.21 bits per heavy atom. The van der Waals surface area contributed by atoms with Gasteiger partial charge in [0.1, 0.15) is 5.65 Å². The summed E-state index contributed by atoms with van der Waals surface area (Å²) in [4.78, 5) is 21.7. The first-order valence-corrected chi connectivity index (χ1v) is 11.3. The first-order valence-electron chi connectivity index (χ1n) is 10.9. The molecule has 1 fully saturated rings. The van der Waals surface area contributed by atoms with Crippen molar-refractivity contribution in [3.05, 3.63) is 88.6 Å². The first kappa shape index (κ1) is 20.0. The van der Waals surface area contributed by atoms with Gasteiger partial charge in [0.15, 0.2) is 0 Å². The number of hydrogen-bond acceptors (Lipinski definition) is 4. The molecule has 0 atom stereocenters. The number of nitrogens with one attached hydrogen (secondary N) is 1. The highest BCUT2D eigenvalue weighted by molar-refractivity contribution is 6.30. The molecular weight excluding hydrogens is 438 g/mol. The summed E-state index contributed by atoms with van der Waals surface area (Å²) in [5.74, 6) is 0.494. The van der Waals surface area contributed by atoms with Crippen molar-refractivity contribution >= 4 is 28.7 Å². The number of halogens is 1. The third-order valence-corrected chi connectivity index (χ3v) is 6.36. The zero-order valence-corrected chi connectivity index (χ0v) is 18.8. The summed E-state index contributed by atoms with van der Waals surface area (Å²) < 4.78 is 5.70. The van der Waals surface area contributed by atoms with E-state index >= 15 is 0 Å². The van der Waals surface area contributed by atoms with Gasteiger partial charge in [0.25, 0.3) is 5.91 Å². The van der Waals surface area contributed by atoms with Crippen molar-refractivity contribution in [1.82, 2.24) is 33.9 Å². The smallest absolute Gasteiger partial charge is 0.254 e. The van der Waals surface area contributed by atoms with E-state index in [1.54, 1.807) is 29.5 Å². The van der Waals surface area contributed by atoms with E-state index in [-0.39, 0.29) is 5.91 Å². The second kappa shape index (κ2) is 7.74. The second-order valence-electron chi connectivity index (χ2n) is 8.62. The molecule has 33 heavy (non-hydrogen) atoms. The molecule has 1 aliphatic carbocycles. The molecule has 1 saturated carbocycles. The number of pyridine rings is 2. The monoisotopic (exact) mass is 459 g/mol. The molecule has 0 unspecified atom stereocenters. The average Bonchev–Trinajstić information content (AvgIpc) is 3.21. The third kappa shape index (κ3) is 3.87. The van der Waals surface area contributed by atoms with Gasteiger partial charge in [-0.1, -0.05) is 11.6 Å². The Morgan fingerprint density at radius 3 is 2.94 bits per heavy atom. The molecule has 8 nitrogen and oxygen atoms in total. The fourth-order valence-corrected chi connectivity index (χ4v) is 4.41. The summed E-state index contributed by atoms with van der Waals surface area (Å²) in [6.07, 6.45) is 13.6. The van der Waals surface area contributed by atoms with Crippen molar-refractivity contribution in [2.75, 3.05) is 0 Å². The lowest BCUT2D eigenvalue weighted by atomic mass is 10.1. The van der Waals surface area contributed by atoms with Gasteiger partial charge in [-0.15, -0.1) is 0 Å². The van der Waals surface area contributed by atoms with Gasteiger partial charge in [0.05, 0.1) is 48.1 Å². The number of carbonyl (C=O) groups is 1. The number of aryl methyl sites for hydroxylation is 1. The molecule has 5 heterocycles. The summed E-state index contributed by atoms with van der Waals surface area (Å²) >= 11 is 6.09. The predicted octanol–water partition coefficient (Wildman–Crippen LogP) is 4.00. The van der Waals surface area contributed by atoms with Gasteiger partial charge in [-0.05, 0) is 55.0 Å². The summed E-state index contributed by atoms with van der Waals surface area (Å²) in [5.41, 5.74) is 6.66. The summed E-state index contributed by atoms with van der Waals surface area (Å²) in [7, 11) is 0. The normalized spacial score (nSPS) is 13.8. The topological polar surface area (TPSA) is 81.5 Å². The van der Waals surface area contributed by atoms with Gasteiger partial charge in [-0.25, -0.2) is 9.97 Å². The Balaban J connectivity index is 1.14. The van der Waals surface area contributed by atoms with Crippen LogP contribution in [0.3, 0.4) is 0 Å². The second-order valence-corrected chi connectivity index (χ2v) is 9.06. The molecule has 0 radical (unpaired) electrons. The van der Waals surface area contributed by atoms with Crippen molar-refractivity contribution in [3.8, 4) is 0 Å². The molecule has 5 aromatic heterocycles. The molecule has 0 saturated heterocycles. The number of imidazole rings is 2. The average molecular weight is 460 g/mol. The van der Waals surface area contributed by atoms with E-state index in [0.29, 0.717) is 29.6 Å². The largest absolute Gasteiger partial charge is 0.346 e. The number of carbonyl (C=O) groups excluding carboxylic acids is 1. The number of amides is 1. The SMILES string of the molecule is Cc1cc2nc(Cn3cc(C(=O)NCc4ncn5ccc(Cl)cc45)cn3)cn2cc1C1CC1. The van der Waals surface area contributed by atoms with E-state index < -0.39 is 0 Å². The fourth-order valence-electron chi connectivity index (χ4n) is 4.25. The van der Waals surface area contributed by atoms with Crippen LogP contribution in [0.2, 0.25) is 5.02 Å². The van der Waals surface area contributed by atoms with E-state index in [2.05, 4.69) is 39.0 Å². The minimum absolute atomic E-state index is 0.205. The maximum absolute atomic E-state index is 12.6. The van der Waals surface area contributed by atoms with Crippen LogP contribution >= 0.6 is 11.6 Å². The van der Waals surface area contributed by atoms with Crippen LogP contribution in [0.1, 0.15) is 51.6 Å². The van der Waals surface area contributed by atoms with Crippen molar-refractivity contribution in [2.45, 2.75) is 38.8 Å². The highest BCUT2D eigenvalue weighted by Gasteiger charge is 2.25. The van der Waals surface area contributed by atoms with Crippen molar-refractivity contribution in [3.63, 3.8) is 0 Å². The van der Waals surface area contributed by atoms with Crippen molar-refractivity contribution < 1.29 is 4.79 Å². The Kier molecular flexibility index (Phi) is 4.69. The number of rotatable bonds is 6. The lowest BCUT2D eigenvalue weighted by Gasteiger charge is -2.04. The van der Waals surface area contributed by atoms with E-state index in [4.69, 9.17) is 16.6 Å². The zero-order chi connectivity index (χ0) is 22.5. The van der Waals surface area contributed by atoms with Crippen LogP contribution in [0.25, 0.3) is 11.2 Å². The quantitative estimate of drug-likeness (QED) is 0.416. The van der Waals surface area contributed by atoms with Gasteiger partial charge in [0.2, 0.25) is 0 Å². The molecule has 5 aromatic rings. The first-order chi connectivity index (χ1) is 16.0. The van der Waals surface area contributed by atoms with Crippen LogP contribution in [0.4, 0.5) is 0 Å². The number of nitrogens with zero attached hydrogens (tertiary/aromatic N) is 6. The molecule has 0 aliphatic heterocycles. The van der Waals surface area contributed by atoms with Crippen molar-refractivity contribution in [1.29, 1.82) is 0 Å². The summed E-state index contributed by atoms with van der Waals surface area (Å²) in [6, 6.07) is 5.77. The predicted molar refractivity (Wildman–Crippen MR) is 125 cm³/mol. The molecule has 0 spiro atoms. The van der Waals surface area contributed by atoms with E-state index in [1.165, 1.54) is 24.0 Å². The summed E-state index contributed by atoms with van der Waals surface area (Å²) in [5, 5.41) is 7.89. The molecule has 6 rings (SSSR count). The highest BCUT2D eigenvalue weighted by atomic mass is 35.5. The standard InChI is InChI=1S/C24H22ClN7O/c1-15-6-23-29-19(11-31(23)13-20(15)16-2-3-16)12-32-10-17(8-28-32)24(33)26-9-21-22-7-18(25)4-5-30(22)14-27-21/h4-8,10-11,13-14,16H,2-3,9,12H2,1H3,(H,26,33). The van der Waals surface area contributed by atoms with Crippen LogP contribution < -0.4 is 5.32 Å². The Labute approximate surface area is 194 Å². The van der Waals surface area contributed by atoms with Gasteiger partial charge in [0, 0.05) is 29.8 Å². The van der Waals surface area contributed by atoms with E-state index in [9.17, 15) is 4.79 Å². The molecular formula is C24H22ClN7O. The Hall–Kier alpha value is -3.65. The molecule has 1 aliphatic rings. The lowest BCUT2D eigenvalue weighted by Crippen LogP contribution is -2.22. The molecule has 0 aromatic carbocycles. The van der Waals surface area contributed by atoms with Gasteiger partial charge in [-0.2, -0.15) is 5.10 Å². The number of fused-ring (bicyclic) bond motifs is 2. The van der Waals surface area contributed by atoms with E-state index in [1.807, 2.05) is 22.9 Å². The Bertz CT molecular complexity index is 1510. The fraction of sp³-hybridized carbons (Fsp3) is 0.250. The van der Waals surface area contributed by atoms with Crippen LogP contribution in [-0.2, 0) is 13.1 Å². The minimum atomic E-state index is -0.205. The van der Waals surface area contributed by atoms with Crippen LogP contribution in [-0.4, -0.2) is 34.5 Å². The minimum Gasteiger partial charge on any atom is -0.346 e. The highest BCUT2D eigenvalue weighted by Crippen LogP contribution is 2.41. The molecule has 1 amide bonds. The molecule has 0 bridgehead atoms. The maximum atomic E-state index is 12.6. The number of hydrogen-bond donors (Lipinski definition) is 1. The van der Waals surface area contributed by atoms with Crippen LogP contribution in [0.15, 0.2) is 55.5 Å². The molecule has 1 N–H and O–H groups in total. The Morgan fingerprint density at radius 2 is 2.09 bits per heavy atom. The lowest BCUT2D eigenvalue weighted by molar-refractivity contribution is 0.0950. The van der Waals surface area contributed by atoms with Gasteiger partial charge >= 0.3 is 0 Å². The van der Waals surface area contributed by atoms with Crippen LogP contribution in [0, 0.1) is 6.92 Å². The maximum Gasteiger partial charge on any atom is 0.254 e. The molecule has 9 heteroatoms. The number of aromatic nitrogens is 6. The van der Waals surface area contributed by atoms with Crippen molar-refractivity contribution in [2.24, 2.45) is 0 Å². The van der Waals surface area contributed by atoms with E-state index in [0.717, 1.165) is 22.6 Å². The zero-order valence-electron chi connectivity index (χ0n) is 18.1. The third-order valence-electron chi connectivity index (χ3n) is 6.12. The van der Waals surface area contributed by atoms with Gasteiger partial charge < -0.3 is 14.1 Å². The summed E-state index contributed by atoms with van der Waals surface area (Å²) in [6.45, 7) is 2.95.